The number of hydrogen-bond acceptors (Lipinski definition) is 2. The van der Waals surface area contributed by atoms with Crippen molar-refractivity contribution in [1.82, 2.24) is 8.87 Å². The van der Waals surface area contributed by atoms with E-state index in [0.29, 0.717) is 13.1 Å². The van der Waals surface area contributed by atoms with Gasteiger partial charge in [0.05, 0.1) is 11.8 Å². The molecule has 0 spiro atoms. The minimum absolute atomic E-state index is 0.453. The second-order valence-electron chi connectivity index (χ2n) is 5.96. The van der Waals surface area contributed by atoms with Crippen LogP contribution in [0.1, 0.15) is 11.3 Å². The molecule has 0 atom stereocenters. The van der Waals surface area contributed by atoms with Crippen LogP contribution >= 0.6 is 0 Å². The van der Waals surface area contributed by atoms with Crippen molar-refractivity contribution >= 4 is 20.9 Å². The fourth-order valence-corrected chi connectivity index (χ4v) is 4.23. The third-order valence-electron chi connectivity index (χ3n) is 4.50. The van der Waals surface area contributed by atoms with E-state index in [0.717, 1.165) is 28.6 Å². The summed E-state index contributed by atoms with van der Waals surface area (Å²) in [7, 11) is -3.17. The van der Waals surface area contributed by atoms with Crippen molar-refractivity contribution in [2.24, 2.45) is 0 Å². The second-order valence-corrected chi connectivity index (χ2v) is 7.94. The standard InChI is InChI=1S/C18H18N2O2S/c1-23(21,22)19-12-11-18-16(13-19)15-9-5-6-10-17(15)20(18)14-7-3-2-4-8-14/h2-10H,11-13H2,1H3. The van der Waals surface area contributed by atoms with E-state index in [1.807, 2.05) is 30.3 Å². The van der Waals surface area contributed by atoms with Gasteiger partial charge in [-0.15, -0.1) is 0 Å². The van der Waals surface area contributed by atoms with Crippen molar-refractivity contribution in [2.45, 2.75) is 13.0 Å². The van der Waals surface area contributed by atoms with Crippen LogP contribution in [0.4, 0.5) is 0 Å². The van der Waals surface area contributed by atoms with Gasteiger partial charge in [0.2, 0.25) is 10.0 Å². The van der Waals surface area contributed by atoms with Crippen molar-refractivity contribution in [2.75, 3.05) is 12.8 Å². The summed E-state index contributed by atoms with van der Waals surface area (Å²) in [4.78, 5) is 0. The number of rotatable bonds is 2. The van der Waals surface area contributed by atoms with Crippen LogP contribution in [0.5, 0.6) is 0 Å². The third-order valence-corrected chi connectivity index (χ3v) is 5.75. The first-order chi connectivity index (χ1) is 11.1. The monoisotopic (exact) mass is 326 g/mol. The Balaban J connectivity index is 1.97. The van der Waals surface area contributed by atoms with Crippen LogP contribution in [-0.4, -0.2) is 30.1 Å². The molecule has 5 heteroatoms. The lowest BCUT2D eigenvalue weighted by molar-refractivity contribution is 0.393. The molecule has 1 aromatic heterocycles. The van der Waals surface area contributed by atoms with E-state index in [1.165, 1.54) is 11.9 Å². The van der Waals surface area contributed by atoms with Crippen LogP contribution in [0.2, 0.25) is 0 Å². The zero-order valence-electron chi connectivity index (χ0n) is 12.9. The number of hydrogen-bond donors (Lipinski definition) is 0. The molecule has 0 N–H and O–H groups in total. The number of benzene rings is 2. The maximum Gasteiger partial charge on any atom is 0.211 e. The molecular formula is C18H18N2O2S. The Morgan fingerprint density at radius 3 is 2.39 bits per heavy atom. The summed E-state index contributed by atoms with van der Waals surface area (Å²) in [6.45, 7) is 0.990. The summed E-state index contributed by atoms with van der Waals surface area (Å²) < 4.78 is 27.7. The normalized spacial score (nSPS) is 15.7. The Morgan fingerprint density at radius 2 is 1.65 bits per heavy atom. The van der Waals surface area contributed by atoms with Gasteiger partial charge in [0.1, 0.15) is 0 Å². The summed E-state index contributed by atoms with van der Waals surface area (Å²) in [5, 5.41) is 1.14. The molecule has 2 aromatic carbocycles. The summed E-state index contributed by atoms with van der Waals surface area (Å²) in [6, 6.07) is 18.5. The van der Waals surface area contributed by atoms with E-state index in [9.17, 15) is 8.42 Å². The minimum Gasteiger partial charge on any atom is -0.313 e. The maximum atomic E-state index is 11.9. The summed E-state index contributed by atoms with van der Waals surface area (Å²) in [5.74, 6) is 0. The number of aromatic nitrogens is 1. The fourth-order valence-electron chi connectivity index (χ4n) is 3.44. The van der Waals surface area contributed by atoms with E-state index in [-0.39, 0.29) is 0 Å². The van der Waals surface area contributed by atoms with Crippen LogP contribution in [0, 0.1) is 0 Å². The lowest BCUT2D eigenvalue weighted by Gasteiger charge is -2.26. The van der Waals surface area contributed by atoms with E-state index in [1.54, 1.807) is 4.31 Å². The average Bonchev–Trinajstić information content (AvgIpc) is 2.88. The first kappa shape index (κ1) is 14.5. The van der Waals surface area contributed by atoms with E-state index < -0.39 is 10.0 Å². The van der Waals surface area contributed by atoms with Crippen LogP contribution < -0.4 is 0 Å². The smallest absolute Gasteiger partial charge is 0.211 e. The Hall–Kier alpha value is -2.11. The summed E-state index contributed by atoms with van der Waals surface area (Å²) in [6.07, 6.45) is 2.01. The molecule has 0 saturated carbocycles. The highest BCUT2D eigenvalue weighted by Crippen LogP contribution is 2.33. The van der Waals surface area contributed by atoms with Crippen molar-refractivity contribution in [1.29, 1.82) is 0 Å². The molecule has 0 radical (unpaired) electrons. The molecular weight excluding hydrogens is 308 g/mol. The molecule has 2 heterocycles. The van der Waals surface area contributed by atoms with Gasteiger partial charge in [-0.05, 0) is 23.8 Å². The molecule has 1 aliphatic heterocycles. The van der Waals surface area contributed by atoms with Crippen molar-refractivity contribution in [3.8, 4) is 5.69 Å². The molecule has 118 valence electrons. The summed E-state index contributed by atoms with van der Waals surface area (Å²) >= 11 is 0. The van der Waals surface area contributed by atoms with Crippen LogP contribution in [0.15, 0.2) is 54.6 Å². The number of sulfonamides is 1. The number of para-hydroxylation sites is 2. The molecule has 4 nitrogen and oxygen atoms in total. The topological polar surface area (TPSA) is 42.3 Å². The van der Waals surface area contributed by atoms with Gasteiger partial charge in [0, 0.05) is 36.3 Å². The molecule has 3 aromatic rings. The molecule has 23 heavy (non-hydrogen) atoms. The Bertz CT molecular complexity index is 975. The van der Waals surface area contributed by atoms with E-state index in [2.05, 4.69) is 28.8 Å². The highest BCUT2D eigenvalue weighted by Gasteiger charge is 2.28. The molecule has 0 unspecified atom stereocenters. The van der Waals surface area contributed by atoms with Crippen LogP contribution in [-0.2, 0) is 23.0 Å². The van der Waals surface area contributed by atoms with Crippen LogP contribution in [0.3, 0.4) is 0 Å². The largest absolute Gasteiger partial charge is 0.313 e. The molecule has 0 saturated heterocycles. The number of nitrogens with zero attached hydrogens (tertiary/aromatic N) is 2. The Labute approximate surface area is 136 Å². The predicted molar refractivity (Wildman–Crippen MR) is 92.2 cm³/mol. The number of fused-ring (bicyclic) bond motifs is 3. The lowest BCUT2D eigenvalue weighted by atomic mass is 10.1. The molecule has 0 fully saturated rings. The van der Waals surface area contributed by atoms with Gasteiger partial charge in [0.15, 0.2) is 0 Å². The second kappa shape index (κ2) is 5.22. The van der Waals surface area contributed by atoms with Crippen molar-refractivity contribution in [3.05, 3.63) is 65.9 Å². The van der Waals surface area contributed by atoms with Crippen molar-refractivity contribution < 1.29 is 8.42 Å². The maximum absolute atomic E-state index is 11.9. The van der Waals surface area contributed by atoms with Gasteiger partial charge in [-0.25, -0.2) is 8.42 Å². The first-order valence-electron chi connectivity index (χ1n) is 7.67. The zero-order valence-corrected chi connectivity index (χ0v) is 13.8. The SMILES string of the molecule is CS(=O)(=O)N1CCc2c(c3ccccc3n2-c2ccccc2)C1. The Morgan fingerprint density at radius 1 is 0.957 bits per heavy atom. The highest BCUT2D eigenvalue weighted by atomic mass is 32.2. The third kappa shape index (κ3) is 2.36. The molecule has 0 bridgehead atoms. The molecule has 1 aliphatic rings. The zero-order chi connectivity index (χ0) is 16.0. The molecule has 4 rings (SSSR count). The van der Waals surface area contributed by atoms with Crippen LogP contribution in [0.25, 0.3) is 16.6 Å². The van der Waals surface area contributed by atoms with Gasteiger partial charge in [-0.3, -0.25) is 0 Å². The fraction of sp³-hybridized carbons (Fsp3) is 0.222. The first-order valence-corrected chi connectivity index (χ1v) is 9.52. The van der Waals surface area contributed by atoms with E-state index >= 15 is 0 Å². The predicted octanol–water partition coefficient (Wildman–Crippen LogP) is 2.95. The van der Waals surface area contributed by atoms with Gasteiger partial charge in [-0.1, -0.05) is 36.4 Å². The van der Waals surface area contributed by atoms with Gasteiger partial charge >= 0.3 is 0 Å². The Kier molecular flexibility index (Phi) is 3.28. The quantitative estimate of drug-likeness (QED) is 0.726. The summed E-state index contributed by atoms with van der Waals surface area (Å²) in [5.41, 5.74) is 4.61. The van der Waals surface area contributed by atoms with E-state index in [4.69, 9.17) is 0 Å². The molecule has 0 aliphatic carbocycles. The van der Waals surface area contributed by atoms with Crippen molar-refractivity contribution in [3.63, 3.8) is 0 Å². The lowest BCUT2D eigenvalue weighted by Crippen LogP contribution is -2.35. The van der Waals surface area contributed by atoms with Gasteiger partial charge in [0.25, 0.3) is 0 Å². The van der Waals surface area contributed by atoms with Gasteiger partial charge in [-0.2, -0.15) is 4.31 Å². The highest BCUT2D eigenvalue weighted by molar-refractivity contribution is 7.88. The average molecular weight is 326 g/mol. The molecule has 0 amide bonds. The minimum atomic E-state index is -3.17. The van der Waals surface area contributed by atoms with Gasteiger partial charge < -0.3 is 4.57 Å².